The number of carbonyl (C=O) groups is 2. The molecule has 1 amide bonds. The van der Waals surface area contributed by atoms with E-state index in [1.807, 2.05) is 0 Å². The fourth-order valence-corrected chi connectivity index (χ4v) is 7.64. The second-order valence-corrected chi connectivity index (χ2v) is 13.2. The van der Waals surface area contributed by atoms with Crippen molar-refractivity contribution in [2.75, 3.05) is 25.0 Å². The molecule has 5 rings (SSSR count). The number of nitrogens with one attached hydrogen (secondary N) is 2. The molecule has 1 aromatic heterocycles. The van der Waals surface area contributed by atoms with Crippen LogP contribution >= 0.6 is 0 Å². The molecule has 3 N–H and O–H groups in total. The average molecular weight is 585 g/mol. The predicted octanol–water partition coefficient (Wildman–Crippen LogP) is 3.37. The van der Waals surface area contributed by atoms with E-state index in [9.17, 15) is 23.1 Å². The zero-order chi connectivity index (χ0) is 28.8. The Balaban J connectivity index is 1.06. The summed E-state index contributed by atoms with van der Waals surface area (Å²) in [5.41, 5.74) is 2.40. The van der Waals surface area contributed by atoms with Crippen LogP contribution in [-0.2, 0) is 37.2 Å². The minimum atomic E-state index is -3.88. The number of aryl methyl sites for hydroxylation is 2. The van der Waals surface area contributed by atoms with Gasteiger partial charge in [0.1, 0.15) is 17.9 Å². The van der Waals surface area contributed by atoms with Gasteiger partial charge in [0.05, 0.1) is 11.0 Å². The van der Waals surface area contributed by atoms with Crippen LogP contribution in [-0.4, -0.2) is 72.6 Å². The van der Waals surface area contributed by atoms with Crippen LogP contribution < -0.4 is 10.6 Å². The fraction of sp³-hybridized carbons (Fsp3) is 0.567. The molecule has 0 spiro atoms. The number of carboxylic acids is 1. The number of aromatic nitrogens is 1. The van der Waals surface area contributed by atoms with E-state index < -0.39 is 34.0 Å². The van der Waals surface area contributed by atoms with E-state index in [0.717, 1.165) is 56.6 Å². The number of amides is 1. The molecule has 10 nitrogen and oxygen atoms in total. The van der Waals surface area contributed by atoms with Gasteiger partial charge in [-0.3, -0.25) is 4.79 Å². The minimum Gasteiger partial charge on any atom is -0.480 e. The number of sulfonamides is 1. The third-order valence-corrected chi connectivity index (χ3v) is 10.4. The van der Waals surface area contributed by atoms with E-state index >= 15 is 0 Å². The molecule has 2 atom stereocenters. The van der Waals surface area contributed by atoms with E-state index in [2.05, 4.69) is 22.8 Å². The molecule has 0 bridgehead atoms. The van der Waals surface area contributed by atoms with Gasteiger partial charge in [-0.15, -0.1) is 0 Å². The number of nitrogens with zero attached hydrogens (tertiary/aromatic N) is 2. The molecule has 2 aromatic rings. The number of hydrogen-bond donors (Lipinski definition) is 3. The molecule has 41 heavy (non-hydrogen) atoms. The highest BCUT2D eigenvalue weighted by Gasteiger charge is 2.39. The van der Waals surface area contributed by atoms with Crippen molar-refractivity contribution in [1.82, 2.24) is 14.6 Å². The Hall–Kier alpha value is -3.02. The lowest BCUT2D eigenvalue weighted by Crippen LogP contribution is -2.55. The predicted molar refractivity (Wildman–Crippen MR) is 154 cm³/mol. The summed E-state index contributed by atoms with van der Waals surface area (Å²) < 4.78 is 33.6. The standard InChI is InChI=1S/C30H40N4O6S/c35-29(27-10-4-5-17-34(27)41(38,39)25-8-2-1-3-9-25)33-26(30(36)37)15-18-40-24-19-21(20-24)11-13-23-14-12-22-7-6-16-31-28(22)32-23/h1-3,8-9,12,14,21,24,26-27H,4-7,10-11,13,15-20H2,(H,31,32)(H,33,35)(H,36,37)/t21?,24?,26-,27?/m0/s1. The van der Waals surface area contributed by atoms with E-state index in [1.165, 1.54) is 22.0 Å². The lowest BCUT2D eigenvalue weighted by Gasteiger charge is -2.36. The number of piperidine rings is 1. The maximum absolute atomic E-state index is 13.2. The third kappa shape index (κ3) is 7.25. The number of fused-ring (bicyclic) bond motifs is 1. The molecule has 0 radical (unpaired) electrons. The molecular formula is C30H40N4O6S. The molecule has 1 saturated heterocycles. The number of anilines is 1. The number of aliphatic carboxylic acids is 1. The number of rotatable bonds is 12. The largest absolute Gasteiger partial charge is 0.480 e. The van der Waals surface area contributed by atoms with Crippen LogP contribution in [0.3, 0.4) is 0 Å². The monoisotopic (exact) mass is 584 g/mol. The fourth-order valence-electron chi connectivity index (χ4n) is 5.97. The molecule has 222 valence electrons. The van der Waals surface area contributed by atoms with Gasteiger partial charge in [0.15, 0.2) is 0 Å². The van der Waals surface area contributed by atoms with E-state index in [-0.39, 0.29) is 30.6 Å². The van der Waals surface area contributed by atoms with Crippen molar-refractivity contribution in [3.8, 4) is 0 Å². The van der Waals surface area contributed by atoms with E-state index in [4.69, 9.17) is 9.72 Å². The zero-order valence-corrected chi connectivity index (χ0v) is 24.2. The van der Waals surface area contributed by atoms with Gasteiger partial charge in [0, 0.05) is 31.8 Å². The maximum Gasteiger partial charge on any atom is 0.326 e. The number of carbonyl (C=O) groups excluding carboxylic acids is 1. The van der Waals surface area contributed by atoms with Crippen LogP contribution in [0.1, 0.15) is 62.6 Å². The summed E-state index contributed by atoms with van der Waals surface area (Å²) in [5.74, 6) is -0.151. The Labute approximate surface area is 241 Å². The SMILES string of the molecule is O=C(N[C@@H](CCOC1CC(CCc2ccc3c(n2)NCCC3)C1)C(=O)O)C1CCCCN1S(=O)(=O)c1ccccc1. The Kier molecular flexibility index (Phi) is 9.57. The second kappa shape index (κ2) is 13.3. The van der Waals surface area contributed by atoms with Crippen molar-refractivity contribution < 1.29 is 27.9 Å². The lowest BCUT2D eigenvalue weighted by molar-refractivity contribution is -0.143. The number of hydrogen-bond acceptors (Lipinski definition) is 7. The van der Waals surface area contributed by atoms with Crippen LogP contribution in [0, 0.1) is 5.92 Å². The molecule has 11 heteroatoms. The molecule has 3 heterocycles. The molecule has 1 aliphatic carbocycles. The maximum atomic E-state index is 13.2. The van der Waals surface area contributed by atoms with Crippen molar-refractivity contribution in [2.24, 2.45) is 5.92 Å². The second-order valence-electron chi connectivity index (χ2n) is 11.3. The van der Waals surface area contributed by atoms with Crippen LogP contribution in [0.25, 0.3) is 0 Å². The van der Waals surface area contributed by atoms with Gasteiger partial charge in [0.25, 0.3) is 0 Å². The topological polar surface area (TPSA) is 138 Å². The Morgan fingerprint density at radius 3 is 2.71 bits per heavy atom. The van der Waals surface area contributed by atoms with Gasteiger partial charge >= 0.3 is 5.97 Å². The van der Waals surface area contributed by atoms with Gasteiger partial charge in [-0.25, -0.2) is 18.2 Å². The number of carboxylic acid groups (broad SMARTS) is 1. The van der Waals surface area contributed by atoms with E-state index in [1.54, 1.807) is 18.2 Å². The van der Waals surface area contributed by atoms with Gasteiger partial charge < -0.3 is 20.5 Å². The van der Waals surface area contributed by atoms with Crippen molar-refractivity contribution in [3.63, 3.8) is 0 Å². The number of benzene rings is 1. The normalized spacial score (nSPS) is 23.5. The molecule has 1 aromatic carbocycles. The molecule has 2 fully saturated rings. The summed E-state index contributed by atoms with van der Waals surface area (Å²) in [7, 11) is -3.88. The summed E-state index contributed by atoms with van der Waals surface area (Å²) in [6.45, 7) is 1.41. The van der Waals surface area contributed by atoms with Gasteiger partial charge in [-0.1, -0.05) is 30.7 Å². The van der Waals surface area contributed by atoms with Crippen molar-refractivity contribution in [1.29, 1.82) is 0 Å². The van der Waals surface area contributed by atoms with Crippen molar-refractivity contribution >= 4 is 27.7 Å². The summed E-state index contributed by atoms with van der Waals surface area (Å²) >= 11 is 0. The van der Waals surface area contributed by atoms with Crippen LogP contribution in [0.5, 0.6) is 0 Å². The van der Waals surface area contributed by atoms with Crippen LogP contribution in [0.2, 0.25) is 0 Å². The first-order valence-corrected chi connectivity index (χ1v) is 16.2. The van der Waals surface area contributed by atoms with Gasteiger partial charge in [-0.2, -0.15) is 4.31 Å². The van der Waals surface area contributed by atoms with Crippen LogP contribution in [0.15, 0.2) is 47.4 Å². The highest BCUT2D eigenvalue weighted by molar-refractivity contribution is 7.89. The Morgan fingerprint density at radius 1 is 1.12 bits per heavy atom. The first-order valence-electron chi connectivity index (χ1n) is 14.8. The Bertz CT molecular complexity index is 1320. The first kappa shape index (κ1) is 29.5. The summed E-state index contributed by atoms with van der Waals surface area (Å²) in [4.78, 5) is 30.0. The number of pyridine rings is 1. The minimum absolute atomic E-state index is 0.0909. The van der Waals surface area contributed by atoms with Crippen LogP contribution in [0.4, 0.5) is 5.82 Å². The molecule has 1 saturated carbocycles. The van der Waals surface area contributed by atoms with E-state index in [0.29, 0.717) is 25.2 Å². The highest BCUT2D eigenvalue weighted by atomic mass is 32.2. The van der Waals surface area contributed by atoms with Crippen molar-refractivity contribution in [3.05, 3.63) is 53.7 Å². The average Bonchev–Trinajstić information content (AvgIpc) is 2.97. The third-order valence-electron chi connectivity index (χ3n) is 8.43. The summed E-state index contributed by atoms with van der Waals surface area (Å²) in [5, 5.41) is 15.7. The molecular weight excluding hydrogens is 544 g/mol. The Morgan fingerprint density at radius 2 is 1.93 bits per heavy atom. The summed E-state index contributed by atoms with van der Waals surface area (Å²) in [6.07, 6.45) is 7.97. The van der Waals surface area contributed by atoms with Gasteiger partial charge in [-0.05, 0) is 81.0 Å². The van der Waals surface area contributed by atoms with Crippen molar-refractivity contribution in [2.45, 2.75) is 87.3 Å². The smallest absolute Gasteiger partial charge is 0.326 e. The molecule has 3 aliphatic rings. The molecule has 2 aliphatic heterocycles. The lowest BCUT2D eigenvalue weighted by atomic mass is 9.79. The molecule has 1 unspecified atom stereocenters. The highest BCUT2D eigenvalue weighted by Crippen LogP contribution is 2.34. The zero-order valence-electron chi connectivity index (χ0n) is 23.3. The number of ether oxygens (including phenoxy) is 1. The van der Waals surface area contributed by atoms with Gasteiger partial charge in [0.2, 0.25) is 15.9 Å². The first-order chi connectivity index (χ1) is 19.8. The summed E-state index contributed by atoms with van der Waals surface area (Å²) in [6, 6.07) is 10.2. The quantitative estimate of drug-likeness (QED) is 0.345.